The first-order valence-corrected chi connectivity index (χ1v) is 8.15. The summed E-state index contributed by atoms with van der Waals surface area (Å²) in [5, 5.41) is 9.02. The van der Waals surface area contributed by atoms with Gasteiger partial charge in [-0.3, -0.25) is 0 Å². The smallest absolute Gasteiger partial charge is 0.186 e. The molecule has 2 aliphatic heterocycles. The number of ether oxygens (including phenoxy) is 2. The lowest BCUT2D eigenvalue weighted by Gasteiger charge is -2.28. The Hall–Kier alpha value is -0.950. The second kappa shape index (κ2) is 4.53. The van der Waals surface area contributed by atoms with Crippen LogP contribution in [0.15, 0.2) is 35.2 Å². The van der Waals surface area contributed by atoms with E-state index < -0.39 is 39.0 Å². The van der Waals surface area contributed by atoms with Crippen LogP contribution in [0.25, 0.3) is 0 Å². The van der Waals surface area contributed by atoms with E-state index in [0.717, 1.165) is 0 Å². The molecular weight excluding hydrogens is 280 g/mol. The van der Waals surface area contributed by atoms with Gasteiger partial charge in [0.2, 0.25) is 0 Å². The predicted octanol–water partition coefficient (Wildman–Crippen LogP) is 0.766. The minimum atomic E-state index is -3.59. The standard InChI is InChI=1S/C14H18O5S/c1-14(2)13(12-11(19-14)10(15)8-18-12)20(16,17)9-6-4-3-5-7-9/h3-7,10-13,15H,8H2,1-2H3/t10-,11-,12+,13+/m0/s1. The number of hydrogen-bond acceptors (Lipinski definition) is 5. The maximum atomic E-state index is 12.9. The van der Waals surface area contributed by atoms with Gasteiger partial charge in [-0.25, -0.2) is 8.42 Å². The van der Waals surface area contributed by atoms with Crippen molar-refractivity contribution in [2.75, 3.05) is 6.61 Å². The Kier molecular flexibility index (Phi) is 3.17. The highest BCUT2D eigenvalue weighted by Gasteiger charge is 2.61. The molecule has 2 saturated heterocycles. The largest absolute Gasteiger partial charge is 0.388 e. The first-order valence-electron chi connectivity index (χ1n) is 6.60. The fourth-order valence-corrected chi connectivity index (χ4v) is 5.36. The van der Waals surface area contributed by atoms with Crippen LogP contribution in [0.3, 0.4) is 0 Å². The average Bonchev–Trinajstić information content (AvgIpc) is 2.86. The van der Waals surface area contributed by atoms with Crippen molar-refractivity contribution >= 4 is 9.84 Å². The van der Waals surface area contributed by atoms with Gasteiger partial charge in [0.15, 0.2) is 9.84 Å². The molecule has 2 heterocycles. The van der Waals surface area contributed by atoms with E-state index in [9.17, 15) is 13.5 Å². The Balaban J connectivity index is 2.04. The van der Waals surface area contributed by atoms with Crippen LogP contribution in [-0.2, 0) is 19.3 Å². The molecule has 6 heteroatoms. The predicted molar refractivity (Wildman–Crippen MR) is 72.1 cm³/mol. The SMILES string of the molecule is CC1(C)O[C@@H]2[C@@H](OC[C@@H]2O)[C@H]1S(=O)(=O)c1ccccc1. The maximum absolute atomic E-state index is 12.9. The molecule has 0 aliphatic carbocycles. The van der Waals surface area contributed by atoms with Crippen LogP contribution in [0.2, 0.25) is 0 Å². The Morgan fingerprint density at radius 2 is 1.85 bits per heavy atom. The molecular formula is C14H18O5S. The average molecular weight is 298 g/mol. The molecule has 0 radical (unpaired) electrons. The van der Waals surface area contributed by atoms with Crippen LogP contribution < -0.4 is 0 Å². The fourth-order valence-electron chi connectivity index (χ4n) is 3.14. The molecule has 0 unspecified atom stereocenters. The van der Waals surface area contributed by atoms with Crippen molar-refractivity contribution in [2.24, 2.45) is 0 Å². The summed E-state index contributed by atoms with van der Waals surface area (Å²) in [4.78, 5) is 0.257. The third-order valence-corrected chi connectivity index (χ3v) is 6.43. The van der Waals surface area contributed by atoms with Gasteiger partial charge < -0.3 is 14.6 Å². The molecule has 4 atom stereocenters. The molecule has 1 aromatic rings. The van der Waals surface area contributed by atoms with Crippen molar-refractivity contribution in [1.82, 2.24) is 0 Å². The zero-order valence-corrected chi connectivity index (χ0v) is 12.2. The van der Waals surface area contributed by atoms with Gasteiger partial charge in [0.1, 0.15) is 23.6 Å². The molecule has 2 fully saturated rings. The summed E-state index contributed by atoms with van der Waals surface area (Å²) in [5.41, 5.74) is -0.897. The molecule has 2 aliphatic rings. The Morgan fingerprint density at radius 1 is 1.20 bits per heavy atom. The van der Waals surface area contributed by atoms with Crippen molar-refractivity contribution < 1.29 is 23.0 Å². The highest BCUT2D eigenvalue weighted by atomic mass is 32.2. The van der Waals surface area contributed by atoms with Crippen molar-refractivity contribution in [3.8, 4) is 0 Å². The summed E-state index contributed by atoms with van der Waals surface area (Å²) >= 11 is 0. The van der Waals surface area contributed by atoms with Gasteiger partial charge in [0.25, 0.3) is 0 Å². The summed E-state index contributed by atoms with van der Waals surface area (Å²) in [5.74, 6) is 0. The molecule has 5 nitrogen and oxygen atoms in total. The van der Waals surface area contributed by atoms with Gasteiger partial charge in [0.05, 0.1) is 17.1 Å². The lowest BCUT2D eigenvalue weighted by atomic mass is 10.0. The third kappa shape index (κ3) is 1.98. The van der Waals surface area contributed by atoms with Crippen LogP contribution in [0, 0.1) is 0 Å². The number of fused-ring (bicyclic) bond motifs is 1. The fraction of sp³-hybridized carbons (Fsp3) is 0.571. The molecule has 20 heavy (non-hydrogen) atoms. The lowest BCUT2D eigenvalue weighted by Crippen LogP contribution is -2.44. The summed E-state index contributed by atoms with van der Waals surface area (Å²) < 4.78 is 37.0. The lowest BCUT2D eigenvalue weighted by molar-refractivity contribution is -0.0593. The van der Waals surface area contributed by atoms with E-state index in [4.69, 9.17) is 9.47 Å². The van der Waals surface area contributed by atoms with Crippen molar-refractivity contribution in [3.05, 3.63) is 30.3 Å². The van der Waals surface area contributed by atoms with E-state index in [-0.39, 0.29) is 11.5 Å². The molecule has 3 rings (SSSR count). The number of rotatable bonds is 2. The minimum absolute atomic E-state index is 0.117. The highest BCUT2D eigenvalue weighted by Crippen LogP contribution is 2.43. The molecule has 0 spiro atoms. The van der Waals surface area contributed by atoms with E-state index >= 15 is 0 Å². The molecule has 1 N–H and O–H groups in total. The van der Waals surface area contributed by atoms with Gasteiger partial charge in [-0.1, -0.05) is 18.2 Å². The molecule has 1 aromatic carbocycles. The monoisotopic (exact) mass is 298 g/mol. The molecule has 110 valence electrons. The minimum Gasteiger partial charge on any atom is -0.388 e. The molecule has 0 amide bonds. The third-order valence-electron chi connectivity index (χ3n) is 3.99. The number of hydrogen-bond donors (Lipinski definition) is 1. The van der Waals surface area contributed by atoms with Crippen LogP contribution in [0.4, 0.5) is 0 Å². The zero-order chi connectivity index (χ0) is 14.5. The van der Waals surface area contributed by atoms with Crippen LogP contribution in [0.1, 0.15) is 13.8 Å². The Labute approximate surface area is 118 Å². The number of benzene rings is 1. The first kappa shape index (κ1) is 14.0. The van der Waals surface area contributed by atoms with Gasteiger partial charge in [-0.2, -0.15) is 0 Å². The van der Waals surface area contributed by atoms with Crippen LogP contribution in [-0.4, -0.2) is 49.3 Å². The van der Waals surface area contributed by atoms with E-state index in [1.807, 2.05) is 0 Å². The van der Waals surface area contributed by atoms with Gasteiger partial charge in [-0.15, -0.1) is 0 Å². The summed E-state index contributed by atoms with van der Waals surface area (Å²) in [6, 6.07) is 8.30. The highest BCUT2D eigenvalue weighted by molar-refractivity contribution is 7.92. The van der Waals surface area contributed by atoms with Crippen molar-refractivity contribution in [2.45, 2.75) is 47.9 Å². The maximum Gasteiger partial charge on any atom is 0.186 e. The van der Waals surface area contributed by atoms with E-state index in [1.165, 1.54) is 0 Å². The Morgan fingerprint density at radius 3 is 2.50 bits per heavy atom. The number of aliphatic hydroxyl groups excluding tert-OH is 1. The van der Waals surface area contributed by atoms with Gasteiger partial charge >= 0.3 is 0 Å². The molecule has 0 saturated carbocycles. The van der Waals surface area contributed by atoms with Gasteiger partial charge in [0, 0.05) is 0 Å². The van der Waals surface area contributed by atoms with Gasteiger partial charge in [-0.05, 0) is 26.0 Å². The van der Waals surface area contributed by atoms with E-state index in [1.54, 1.807) is 44.2 Å². The Bertz CT molecular complexity index is 595. The van der Waals surface area contributed by atoms with Crippen molar-refractivity contribution in [3.63, 3.8) is 0 Å². The zero-order valence-electron chi connectivity index (χ0n) is 11.4. The second-order valence-electron chi connectivity index (χ2n) is 5.83. The second-order valence-corrected chi connectivity index (χ2v) is 7.90. The summed E-state index contributed by atoms with van der Waals surface area (Å²) in [6.45, 7) is 3.57. The van der Waals surface area contributed by atoms with E-state index in [0.29, 0.717) is 0 Å². The summed E-state index contributed by atoms with van der Waals surface area (Å²) in [7, 11) is -3.59. The normalized spacial score (nSPS) is 36.0. The quantitative estimate of drug-likeness (QED) is 0.873. The number of aliphatic hydroxyl groups is 1. The van der Waals surface area contributed by atoms with Crippen LogP contribution >= 0.6 is 0 Å². The number of sulfone groups is 1. The first-order chi connectivity index (χ1) is 9.34. The summed E-state index contributed by atoms with van der Waals surface area (Å²) in [6.07, 6.45) is -1.96. The topological polar surface area (TPSA) is 72.8 Å². The molecule has 0 aromatic heterocycles. The molecule has 0 bridgehead atoms. The van der Waals surface area contributed by atoms with Crippen molar-refractivity contribution in [1.29, 1.82) is 0 Å². The van der Waals surface area contributed by atoms with E-state index in [2.05, 4.69) is 0 Å². The van der Waals surface area contributed by atoms with Crippen LogP contribution in [0.5, 0.6) is 0 Å².